The number of hydrogen-bond donors (Lipinski definition) is 2. The molecule has 0 bridgehead atoms. The van der Waals surface area contributed by atoms with Crippen LogP contribution in [0.25, 0.3) is 11.1 Å². The van der Waals surface area contributed by atoms with Crippen LogP contribution in [0.15, 0.2) is 72.8 Å². The fourth-order valence-electron chi connectivity index (χ4n) is 4.94. The van der Waals surface area contributed by atoms with Crippen molar-refractivity contribution in [3.63, 3.8) is 0 Å². The molecule has 4 rings (SSSR count). The zero-order chi connectivity index (χ0) is 30.1. The van der Waals surface area contributed by atoms with Crippen LogP contribution in [-0.2, 0) is 25.4 Å². The van der Waals surface area contributed by atoms with Gasteiger partial charge in [-0.2, -0.15) is 0 Å². The Morgan fingerprint density at radius 1 is 1.00 bits per heavy atom. The predicted octanol–water partition coefficient (Wildman–Crippen LogP) is 6.19. The van der Waals surface area contributed by atoms with Crippen LogP contribution in [0.4, 0.5) is 0 Å². The van der Waals surface area contributed by atoms with E-state index < -0.39 is 23.7 Å². The third kappa shape index (κ3) is 8.64. The maximum Gasteiger partial charge on any atom is 0.339 e. The van der Waals surface area contributed by atoms with Gasteiger partial charge in [0.2, 0.25) is 0 Å². The normalized spacial score (nSPS) is 16.8. The van der Waals surface area contributed by atoms with E-state index in [1.807, 2.05) is 75.4 Å². The van der Waals surface area contributed by atoms with Gasteiger partial charge in [0.15, 0.2) is 6.29 Å². The summed E-state index contributed by atoms with van der Waals surface area (Å²) in [7, 11) is 1.46. The molecule has 0 aliphatic carbocycles. The Hall–Kier alpha value is -3.72. The summed E-state index contributed by atoms with van der Waals surface area (Å²) in [5.74, 6) is -1.09. The standard InChI is InChI=1S/C34H41NO7/c1-34(2,3)42-33(38)30(31(25-10-6-5-7-11-25)41-29-12-8-9-21-40-29)35-20-19-23-13-15-24(16-14-23)26-17-18-27(32(36)37)28(22-26)39-4/h5-7,10-11,13-18,22,29-31,35H,8-9,12,19-21H2,1-4H3,(H,36,37)/t29?,30?,31-/m1/s1. The Balaban J connectivity index is 1.49. The van der Waals surface area contributed by atoms with Gasteiger partial charge < -0.3 is 29.4 Å². The van der Waals surface area contributed by atoms with Crippen LogP contribution >= 0.6 is 0 Å². The van der Waals surface area contributed by atoms with Crippen molar-refractivity contribution >= 4 is 11.9 Å². The molecular formula is C34H41NO7. The summed E-state index contributed by atoms with van der Waals surface area (Å²) in [6, 6.07) is 22.1. The van der Waals surface area contributed by atoms with Crippen molar-refractivity contribution in [3.8, 4) is 16.9 Å². The first-order chi connectivity index (χ1) is 20.1. The number of hydrogen-bond acceptors (Lipinski definition) is 7. The predicted molar refractivity (Wildman–Crippen MR) is 161 cm³/mol. The van der Waals surface area contributed by atoms with Gasteiger partial charge in [-0.25, -0.2) is 4.79 Å². The zero-order valence-electron chi connectivity index (χ0n) is 24.8. The van der Waals surface area contributed by atoms with E-state index in [0.29, 0.717) is 25.3 Å². The number of rotatable bonds is 12. The molecule has 0 spiro atoms. The van der Waals surface area contributed by atoms with E-state index in [1.54, 1.807) is 18.2 Å². The monoisotopic (exact) mass is 575 g/mol. The third-order valence-electron chi connectivity index (χ3n) is 7.02. The fraction of sp³-hybridized carbons (Fsp3) is 0.412. The van der Waals surface area contributed by atoms with E-state index in [2.05, 4.69) is 5.32 Å². The zero-order valence-corrected chi connectivity index (χ0v) is 24.8. The highest BCUT2D eigenvalue weighted by Gasteiger charge is 2.36. The average Bonchev–Trinajstić information content (AvgIpc) is 2.98. The molecule has 0 radical (unpaired) electrons. The summed E-state index contributed by atoms with van der Waals surface area (Å²) in [5.41, 5.74) is 3.23. The molecule has 0 aromatic heterocycles. The van der Waals surface area contributed by atoms with Crippen molar-refractivity contribution in [2.45, 2.75) is 70.5 Å². The number of esters is 1. The van der Waals surface area contributed by atoms with E-state index in [1.165, 1.54) is 7.11 Å². The first-order valence-corrected chi connectivity index (χ1v) is 14.4. The van der Waals surface area contributed by atoms with Crippen LogP contribution in [0.2, 0.25) is 0 Å². The molecule has 1 aliphatic rings. The van der Waals surface area contributed by atoms with Crippen LogP contribution in [0.1, 0.15) is 67.6 Å². The molecule has 3 atom stereocenters. The van der Waals surface area contributed by atoms with Gasteiger partial charge in [0.05, 0.1) is 7.11 Å². The van der Waals surface area contributed by atoms with E-state index in [9.17, 15) is 14.7 Å². The lowest BCUT2D eigenvalue weighted by Gasteiger charge is -2.33. The summed E-state index contributed by atoms with van der Waals surface area (Å²) in [6.45, 7) is 6.73. The highest BCUT2D eigenvalue weighted by molar-refractivity contribution is 5.92. The van der Waals surface area contributed by atoms with Crippen molar-refractivity contribution < 1.29 is 33.6 Å². The Labute approximate surface area is 248 Å². The van der Waals surface area contributed by atoms with E-state index in [-0.39, 0.29) is 17.8 Å². The average molecular weight is 576 g/mol. The lowest BCUT2D eigenvalue weighted by molar-refractivity contribution is -0.202. The SMILES string of the molecule is COc1cc(-c2ccc(CCNC(C(=O)OC(C)(C)C)[C@H](OC3CCCCO3)c3ccccc3)cc2)ccc1C(=O)O. The maximum absolute atomic E-state index is 13.5. The van der Waals surface area contributed by atoms with Gasteiger partial charge in [-0.1, -0.05) is 60.7 Å². The number of ether oxygens (including phenoxy) is 4. The van der Waals surface area contributed by atoms with Crippen LogP contribution < -0.4 is 10.1 Å². The molecule has 42 heavy (non-hydrogen) atoms. The van der Waals surface area contributed by atoms with Gasteiger partial charge in [0.1, 0.15) is 29.1 Å². The maximum atomic E-state index is 13.5. The smallest absolute Gasteiger partial charge is 0.339 e. The van der Waals surface area contributed by atoms with Crippen LogP contribution in [0.3, 0.4) is 0 Å². The Bertz CT molecular complexity index is 1310. The number of carbonyl (C=O) groups excluding carboxylic acids is 1. The largest absolute Gasteiger partial charge is 0.496 e. The molecule has 2 N–H and O–H groups in total. The number of aromatic carboxylic acids is 1. The topological polar surface area (TPSA) is 103 Å². The number of carbonyl (C=O) groups is 2. The molecule has 8 heteroatoms. The van der Waals surface area contributed by atoms with Crippen LogP contribution in [0.5, 0.6) is 5.75 Å². The fourth-order valence-corrected chi connectivity index (χ4v) is 4.94. The van der Waals surface area contributed by atoms with Crippen molar-refractivity contribution in [1.29, 1.82) is 0 Å². The quantitative estimate of drug-likeness (QED) is 0.247. The number of nitrogens with one attached hydrogen (secondary N) is 1. The Kier molecular flexibility index (Phi) is 10.7. The molecule has 224 valence electrons. The number of carboxylic acid groups (broad SMARTS) is 1. The highest BCUT2D eigenvalue weighted by atomic mass is 16.7. The molecule has 8 nitrogen and oxygen atoms in total. The summed E-state index contributed by atoms with van der Waals surface area (Å²) in [6.07, 6.45) is 2.50. The van der Waals surface area contributed by atoms with Gasteiger partial charge in [0.25, 0.3) is 0 Å². The molecule has 0 saturated carbocycles. The second kappa shape index (κ2) is 14.4. The minimum Gasteiger partial charge on any atom is -0.496 e. The first-order valence-electron chi connectivity index (χ1n) is 14.4. The number of carboxylic acids is 1. The molecule has 3 aromatic rings. The highest BCUT2D eigenvalue weighted by Crippen LogP contribution is 2.30. The van der Waals surface area contributed by atoms with Crippen molar-refractivity contribution in [2.24, 2.45) is 0 Å². The van der Waals surface area contributed by atoms with Crippen molar-refractivity contribution in [2.75, 3.05) is 20.3 Å². The molecular weight excluding hydrogens is 534 g/mol. The van der Waals surface area contributed by atoms with Crippen molar-refractivity contribution in [3.05, 3.63) is 89.5 Å². The Morgan fingerprint density at radius 2 is 1.71 bits per heavy atom. The molecule has 1 aliphatic heterocycles. The molecule has 2 unspecified atom stereocenters. The van der Waals surface area contributed by atoms with Crippen LogP contribution in [-0.4, -0.2) is 55.2 Å². The summed E-state index contributed by atoms with van der Waals surface area (Å²) in [5, 5.41) is 12.8. The summed E-state index contributed by atoms with van der Waals surface area (Å²) >= 11 is 0. The van der Waals surface area contributed by atoms with E-state index in [4.69, 9.17) is 18.9 Å². The van der Waals surface area contributed by atoms with Gasteiger partial charge in [0, 0.05) is 13.2 Å². The third-order valence-corrected chi connectivity index (χ3v) is 7.02. The molecule has 1 heterocycles. The molecule has 1 saturated heterocycles. The summed E-state index contributed by atoms with van der Waals surface area (Å²) in [4.78, 5) is 25.0. The van der Waals surface area contributed by atoms with Crippen molar-refractivity contribution in [1.82, 2.24) is 5.32 Å². The minimum atomic E-state index is -1.03. The lowest BCUT2D eigenvalue weighted by atomic mass is 9.99. The van der Waals surface area contributed by atoms with E-state index in [0.717, 1.165) is 41.5 Å². The second-order valence-electron chi connectivity index (χ2n) is 11.4. The second-order valence-corrected chi connectivity index (χ2v) is 11.4. The Morgan fingerprint density at radius 3 is 2.33 bits per heavy atom. The van der Waals surface area contributed by atoms with Crippen LogP contribution in [0, 0.1) is 0 Å². The van der Waals surface area contributed by atoms with Gasteiger partial charge in [-0.05, 0) is 80.8 Å². The lowest BCUT2D eigenvalue weighted by Crippen LogP contribution is -2.47. The minimum absolute atomic E-state index is 0.122. The van der Waals surface area contributed by atoms with Gasteiger partial charge >= 0.3 is 11.9 Å². The van der Waals surface area contributed by atoms with Gasteiger partial charge in [-0.15, -0.1) is 0 Å². The molecule has 0 amide bonds. The number of methoxy groups -OCH3 is 1. The van der Waals surface area contributed by atoms with Gasteiger partial charge in [-0.3, -0.25) is 4.79 Å². The molecule has 3 aromatic carbocycles. The van der Waals surface area contributed by atoms with E-state index >= 15 is 0 Å². The molecule has 1 fully saturated rings. The summed E-state index contributed by atoms with van der Waals surface area (Å²) < 4.78 is 23.4. The first kappa shape index (κ1) is 31.2. The number of benzene rings is 3.